The molecule has 0 spiro atoms. The molecule has 0 radical (unpaired) electrons. The minimum atomic E-state index is -4.50. The zero-order valence-corrected chi connectivity index (χ0v) is 9.28. The van der Waals surface area contributed by atoms with E-state index in [1.165, 1.54) is 12.1 Å². The van der Waals surface area contributed by atoms with Gasteiger partial charge in [-0.1, -0.05) is 0 Å². The molecule has 0 fully saturated rings. The molecule has 0 aliphatic carbocycles. The lowest BCUT2D eigenvalue weighted by molar-refractivity contribution is -0.153. The third-order valence-electron chi connectivity index (χ3n) is 1.72. The summed E-state index contributed by atoms with van der Waals surface area (Å²) >= 11 is 0. The molecule has 100 valence electrons. The summed E-state index contributed by atoms with van der Waals surface area (Å²) in [6.07, 6.45) is -5.58. The lowest BCUT2D eigenvalue weighted by atomic mass is 10.3. The van der Waals surface area contributed by atoms with Crippen LogP contribution >= 0.6 is 0 Å². The van der Waals surface area contributed by atoms with Gasteiger partial charge in [-0.2, -0.15) is 13.2 Å². The Bertz CT molecular complexity index is 434. The number of anilines is 1. The number of carbonyl (C=O) groups is 1. The van der Waals surface area contributed by atoms with Gasteiger partial charge in [0.2, 0.25) is 0 Å². The predicted octanol–water partition coefficient (Wildman–Crippen LogP) is 2.36. The molecule has 1 aromatic carbocycles. The number of rotatable bonds is 3. The van der Waals surface area contributed by atoms with Crippen LogP contribution in [0.2, 0.25) is 0 Å². The van der Waals surface area contributed by atoms with Crippen molar-refractivity contribution in [3.8, 4) is 11.5 Å². The lowest BCUT2D eigenvalue weighted by Crippen LogP contribution is -2.20. The minimum absolute atomic E-state index is 0.202. The summed E-state index contributed by atoms with van der Waals surface area (Å²) in [6.45, 7) is -1.51. The zero-order chi connectivity index (χ0) is 13.8. The molecule has 0 aliphatic rings. The van der Waals surface area contributed by atoms with Crippen LogP contribution in [0.5, 0.6) is 11.5 Å². The molecule has 2 N–H and O–H groups in total. The molecule has 0 saturated heterocycles. The smallest absolute Gasteiger partial charge is 0.480 e. The van der Waals surface area contributed by atoms with Gasteiger partial charge in [-0.25, -0.2) is 4.79 Å². The predicted molar refractivity (Wildman–Crippen MR) is 55.4 cm³/mol. The van der Waals surface area contributed by atoms with Gasteiger partial charge in [0, 0.05) is 11.8 Å². The molecular weight excluding hydrogens is 255 g/mol. The van der Waals surface area contributed by atoms with Crippen molar-refractivity contribution in [2.45, 2.75) is 6.18 Å². The Morgan fingerprint density at radius 2 is 2.00 bits per heavy atom. The van der Waals surface area contributed by atoms with E-state index in [0.717, 1.165) is 13.2 Å². The van der Waals surface area contributed by atoms with Gasteiger partial charge in [0.15, 0.2) is 18.1 Å². The Labute approximate surface area is 100 Å². The quantitative estimate of drug-likeness (QED) is 0.516. The molecule has 0 aliphatic heterocycles. The first-order valence-corrected chi connectivity index (χ1v) is 4.66. The van der Waals surface area contributed by atoms with Crippen LogP contribution in [0.15, 0.2) is 18.2 Å². The average molecular weight is 265 g/mol. The third kappa shape index (κ3) is 4.40. The molecule has 0 atom stereocenters. The maximum absolute atomic E-state index is 12.0. The summed E-state index contributed by atoms with van der Waals surface area (Å²) < 4.78 is 49.3. The molecular formula is C10H10F3NO4. The second kappa shape index (κ2) is 5.48. The van der Waals surface area contributed by atoms with Gasteiger partial charge in [0.1, 0.15) is 0 Å². The van der Waals surface area contributed by atoms with Crippen molar-refractivity contribution in [1.29, 1.82) is 0 Å². The van der Waals surface area contributed by atoms with Crippen LogP contribution in [-0.4, -0.2) is 26.0 Å². The summed E-state index contributed by atoms with van der Waals surface area (Å²) in [5, 5.41) is 0. The molecule has 0 heterocycles. The number of nitrogen functional groups attached to an aromatic ring is 1. The Hall–Kier alpha value is -2.12. The summed E-state index contributed by atoms with van der Waals surface area (Å²) in [4.78, 5) is 10.9. The van der Waals surface area contributed by atoms with Crippen LogP contribution in [0.1, 0.15) is 0 Å². The van der Waals surface area contributed by atoms with E-state index in [1.54, 1.807) is 0 Å². The average Bonchev–Trinajstić information content (AvgIpc) is 2.26. The number of ether oxygens (including phenoxy) is 3. The van der Waals surface area contributed by atoms with E-state index in [-0.39, 0.29) is 17.2 Å². The highest BCUT2D eigenvalue weighted by Crippen LogP contribution is 2.31. The molecule has 0 saturated carbocycles. The molecule has 0 unspecified atom stereocenters. The Morgan fingerprint density at radius 1 is 1.33 bits per heavy atom. The Balaban J connectivity index is 2.86. The van der Waals surface area contributed by atoms with Gasteiger partial charge in [-0.05, 0) is 12.1 Å². The number of hydrogen-bond donors (Lipinski definition) is 1. The number of carbonyl (C=O) groups excluding carboxylic acids is 1. The van der Waals surface area contributed by atoms with Crippen molar-refractivity contribution in [2.75, 3.05) is 19.5 Å². The van der Waals surface area contributed by atoms with Gasteiger partial charge >= 0.3 is 12.3 Å². The maximum Gasteiger partial charge on any atom is 0.513 e. The maximum atomic E-state index is 12.0. The first-order valence-electron chi connectivity index (χ1n) is 4.66. The molecule has 1 aromatic rings. The summed E-state index contributed by atoms with van der Waals surface area (Å²) in [7, 11) is 1.06. The second-order valence-corrected chi connectivity index (χ2v) is 3.17. The fourth-order valence-corrected chi connectivity index (χ4v) is 1.01. The van der Waals surface area contributed by atoms with Crippen LogP contribution < -0.4 is 15.2 Å². The largest absolute Gasteiger partial charge is 0.513 e. The van der Waals surface area contributed by atoms with E-state index >= 15 is 0 Å². The van der Waals surface area contributed by atoms with E-state index in [1.807, 2.05) is 0 Å². The van der Waals surface area contributed by atoms with E-state index in [2.05, 4.69) is 14.2 Å². The van der Waals surface area contributed by atoms with Gasteiger partial charge in [0.05, 0.1) is 7.11 Å². The molecule has 8 heteroatoms. The summed E-state index contributed by atoms with van der Waals surface area (Å²) in [5.74, 6) is -0.502. The second-order valence-electron chi connectivity index (χ2n) is 3.17. The molecule has 5 nitrogen and oxygen atoms in total. The molecule has 0 amide bonds. The number of methoxy groups -OCH3 is 1. The van der Waals surface area contributed by atoms with Crippen molar-refractivity contribution in [2.24, 2.45) is 0 Å². The van der Waals surface area contributed by atoms with Crippen LogP contribution in [0.4, 0.5) is 23.7 Å². The van der Waals surface area contributed by atoms with E-state index in [9.17, 15) is 18.0 Å². The Morgan fingerprint density at radius 3 is 2.56 bits per heavy atom. The van der Waals surface area contributed by atoms with Crippen molar-refractivity contribution in [3.63, 3.8) is 0 Å². The number of benzene rings is 1. The summed E-state index contributed by atoms with van der Waals surface area (Å²) in [5.41, 5.74) is 5.62. The van der Waals surface area contributed by atoms with Crippen LogP contribution in [-0.2, 0) is 4.74 Å². The molecule has 0 bridgehead atoms. The minimum Gasteiger partial charge on any atom is -0.480 e. The SMILES string of the molecule is COC(=O)Oc1cc(N)ccc1OCC(F)(F)F. The summed E-state index contributed by atoms with van der Waals surface area (Å²) in [6, 6.07) is 3.64. The normalized spacial score (nSPS) is 10.9. The highest BCUT2D eigenvalue weighted by atomic mass is 19.4. The highest BCUT2D eigenvalue weighted by molar-refractivity contribution is 5.66. The Kier molecular flexibility index (Phi) is 4.24. The number of halogens is 3. The van der Waals surface area contributed by atoms with Crippen molar-refractivity contribution in [3.05, 3.63) is 18.2 Å². The third-order valence-corrected chi connectivity index (χ3v) is 1.72. The number of nitrogens with two attached hydrogens (primary N) is 1. The standard InChI is InChI=1S/C10H10F3NO4/c1-16-9(15)18-8-4-6(14)2-3-7(8)17-5-10(11,12)13/h2-4H,5,14H2,1H3. The van der Waals surface area contributed by atoms with Crippen LogP contribution in [0, 0.1) is 0 Å². The first kappa shape index (κ1) is 13.9. The first-order chi connectivity index (χ1) is 8.31. The van der Waals surface area contributed by atoms with Crippen LogP contribution in [0.3, 0.4) is 0 Å². The van der Waals surface area contributed by atoms with Crippen molar-refractivity contribution in [1.82, 2.24) is 0 Å². The highest BCUT2D eigenvalue weighted by Gasteiger charge is 2.29. The molecule has 0 aromatic heterocycles. The lowest BCUT2D eigenvalue weighted by Gasteiger charge is -2.12. The van der Waals surface area contributed by atoms with Crippen LogP contribution in [0.25, 0.3) is 0 Å². The molecule has 1 rings (SSSR count). The van der Waals surface area contributed by atoms with Gasteiger partial charge in [-0.3, -0.25) is 0 Å². The van der Waals surface area contributed by atoms with Gasteiger partial charge < -0.3 is 19.9 Å². The zero-order valence-electron chi connectivity index (χ0n) is 9.28. The van der Waals surface area contributed by atoms with Crippen molar-refractivity contribution >= 4 is 11.8 Å². The van der Waals surface area contributed by atoms with E-state index < -0.39 is 18.9 Å². The van der Waals surface area contributed by atoms with E-state index in [4.69, 9.17) is 5.73 Å². The van der Waals surface area contributed by atoms with Crippen molar-refractivity contribution < 1.29 is 32.2 Å². The molecule has 18 heavy (non-hydrogen) atoms. The number of hydrogen-bond acceptors (Lipinski definition) is 5. The van der Waals surface area contributed by atoms with E-state index in [0.29, 0.717) is 0 Å². The fourth-order valence-electron chi connectivity index (χ4n) is 1.01. The van der Waals surface area contributed by atoms with Gasteiger partial charge in [0.25, 0.3) is 0 Å². The fraction of sp³-hybridized carbons (Fsp3) is 0.300. The topological polar surface area (TPSA) is 70.8 Å². The monoisotopic (exact) mass is 265 g/mol. The van der Waals surface area contributed by atoms with Gasteiger partial charge in [-0.15, -0.1) is 0 Å². The number of alkyl halides is 3.